The van der Waals surface area contributed by atoms with Crippen molar-refractivity contribution in [2.75, 3.05) is 13.7 Å². The van der Waals surface area contributed by atoms with Crippen LogP contribution in [0.3, 0.4) is 0 Å². The van der Waals surface area contributed by atoms with Gasteiger partial charge in [0.05, 0.1) is 7.11 Å². The molecule has 0 N–H and O–H groups in total. The van der Waals surface area contributed by atoms with Crippen molar-refractivity contribution in [2.45, 2.75) is 6.43 Å². The number of hydrogen-bond donors (Lipinski definition) is 0. The van der Waals surface area contributed by atoms with E-state index in [-0.39, 0.29) is 11.4 Å². The third-order valence-corrected chi connectivity index (χ3v) is 1.67. The average molecular weight is 229 g/mol. The lowest BCUT2D eigenvalue weighted by Crippen LogP contribution is -2.07. The van der Waals surface area contributed by atoms with Gasteiger partial charge in [-0.3, -0.25) is 0 Å². The highest BCUT2D eigenvalue weighted by molar-refractivity contribution is 5.51. The van der Waals surface area contributed by atoms with Crippen LogP contribution in [0, 0.1) is 0 Å². The van der Waals surface area contributed by atoms with Crippen molar-refractivity contribution in [3.05, 3.63) is 28.6 Å². The zero-order valence-electron chi connectivity index (χ0n) is 8.43. The van der Waals surface area contributed by atoms with Crippen molar-refractivity contribution in [2.24, 2.45) is 5.11 Å². The standard InChI is InChI=1S/C9H9F2N3O2/c1-15-7-3-2-6(13-14-12)4-8(7)16-5-9(10)11/h2-4,9H,5H2,1H3. The van der Waals surface area contributed by atoms with Crippen LogP contribution in [-0.4, -0.2) is 20.1 Å². The number of azide groups is 1. The summed E-state index contributed by atoms with van der Waals surface area (Å²) in [5, 5.41) is 3.33. The van der Waals surface area contributed by atoms with Crippen molar-refractivity contribution < 1.29 is 18.3 Å². The summed E-state index contributed by atoms with van der Waals surface area (Å²) in [6.07, 6.45) is -2.58. The average Bonchev–Trinajstić information content (AvgIpc) is 2.27. The molecule has 86 valence electrons. The van der Waals surface area contributed by atoms with E-state index >= 15 is 0 Å². The maximum Gasteiger partial charge on any atom is 0.272 e. The van der Waals surface area contributed by atoms with Crippen LogP contribution < -0.4 is 9.47 Å². The fourth-order valence-electron chi connectivity index (χ4n) is 1.04. The lowest BCUT2D eigenvalue weighted by Gasteiger charge is -2.10. The number of methoxy groups -OCH3 is 1. The number of hydrogen-bond acceptors (Lipinski definition) is 3. The zero-order chi connectivity index (χ0) is 12.0. The molecule has 5 nitrogen and oxygen atoms in total. The molecule has 0 atom stereocenters. The molecular formula is C9H9F2N3O2. The van der Waals surface area contributed by atoms with E-state index in [0.717, 1.165) is 0 Å². The molecule has 1 rings (SSSR count). The lowest BCUT2D eigenvalue weighted by atomic mass is 10.3. The summed E-state index contributed by atoms with van der Waals surface area (Å²) in [5.41, 5.74) is 8.49. The Labute approximate surface area is 90.2 Å². The minimum Gasteiger partial charge on any atom is -0.493 e. The molecule has 0 aliphatic heterocycles. The highest BCUT2D eigenvalue weighted by Gasteiger charge is 2.08. The van der Waals surface area contributed by atoms with Gasteiger partial charge in [0.15, 0.2) is 11.5 Å². The maximum absolute atomic E-state index is 12.0. The van der Waals surface area contributed by atoms with E-state index in [1.165, 1.54) is 25.3 Å². The molecule has 0 aromatic heterocycles. The van der Waals surface area contributed by atoms with Crippen molar-refractivity contribution in [1.29, 1.82) is 0 Å². The quantitative estimate of drug-likeness (QED) is 0.441. The number of rotatable bonds is 5. The molecule has 0 saturated carbocycles. The Morgan fingerprint density at radius 3 is 2.75 bits per heavy atom. The summed E-state index contributed by atoms with van der Waals surface area (Å²) >= 11 is 0. The maximum atomic E-state index is 12.0. The summed E-state index contributed by atoms with van der Waals surface area (Å²) in [6.45, 7) is -0.740. The van der Waals surface area contributed by atoms with E-state index in [1.807, 2.05) is 0 Å². The van der Waals surface area contributed by atoms with Gasteiger partial charge in [0.25, 0.3) is 6.43 Å². The van der Waals surface area contributed by atoms with Gasteiger partial charge in [-0.05, 0) is 23.7 Å². The molecule has 0 aliphatic rings. The second-order valence-corrected chi connectivity index (χ2v) is 2.73. The fraction of sp³-hybridized carbons (Fsp3) is 0.333. The van der Waals surface area contributed by atoms with Gasteiger partial charge < -0.3 is 9.47 Å². The Morgan fingerprint density at radius 1 is 1.44 bits per heavy atom. The molecule has 0 unspecified atom stereocenters. The Hall–Kier alpha value is -2.01. The fourth-order valence-corrected chi connectivity index (χ4v) is 1.04. The molecule has 0 spiro atoms. The van der Waals surface area contributed by atoms with Crippen LogP contribution in [0.5, 0.6) is 11.5 Å². The predicted molar refractivity (Wildman–Crippen MR) is 53.3 cm³/mol. The molecule has 0 radical (unpaired) electrons. The number of benzene rings is 1. The molecular weight excluding hydrogens is 220 g/mol. The molecule has 0 amide bonds. The zero-order valence-corrected chi connectivity index (χ0v) is 8.43. The summed E-state index contributed by atoms with van der Waals surface area (Å²) in [5.74, 6) is 0.422. The van der Waals surface area contributed by atoms with E-state index in [4.69, 9.17) is 15.0 Å². The summed E-state index contributed by atoms with van der Waals surface area (Å²) < 4.78 is 33.6. The number of nitrogens with zero attached hydrogens (tertiary/aromatic N) is 3. The van der Waals surface area contributed by atoms with Crippen LogP contribution >= 0.6 is 0 Å². The molecule has 7 heteroatoms. The third-order valence-electron chi connectivity index (χ3n) is 1.67. The highest BCUT2D eigenvalue weighted by Crippen LogP contribution is 2.31. The van der Waals surface area contributed by atoms with Gasteiger partial charge >= 0.3 is 0 Å². The monoisotopic (exact) mass is 229 g/mol. The number of alkyl halides is 2. The second-order valence-electron chi connectivity index (χ2n) is 2.73. The van der Waals surface area contributed by atoms with Crippen molar-refractivity contribution in [1.82, 2.24) is 0 Å². The van der Waals surface area contributed by atoms with Crippen LogP contribution in [0.15, 0.2) is 23.3 Å². The molecule has 1 aromatic carbocycles. The minimum absolute atomic E-state index is 0.118. The van der Waals surface area contributed by atoms with Gasteiger partial charge in [-0.15, -0.1) is 0 Å². The van der Waals surface area contributed by atoms with Gasteiger partial charge in [-0.25, -0.2) is 8.78 Å². The van der Waals surface area contributed by atoms with Gasteiger partial charge in [-0.2, -0.15) is 0 Å². The Bertz CT molecular complexity index is 406. The molecule has 0 saturated heterocycles. The van der Waals surface area contributed by atoms with E-state index in [0.29, 0.717) is 5.75 Å². The minimum atomic E-state index is -2.58. The molecule has 0 bridgehead atoms. The van der Waals surface area contributed by atoms with Crippen molar-refractivity contribution >= 4 is 5.69 Å². The van der Waals surface area contributed by atoms with Crippen LogP contribution in [0.25, 0.3) is 10.4 Å². The van der Waals surface area contributed by atoms with E-state index < -0.39 is 13.0 Å². The first-order valence-electron chi connectivity index (χ1n) is 4.31. The van der Waals surface area contributed by atoms with Crippen LogP contribution in [0.1, 0.15) is 0 Å². The smallest absolute Gasteiger partial charge is 0.272 e. The predicted octanol–water partition coefficient (Wildman–Crippen LogP) is 3.28. The van der Waals surface area contributed by atoms with Crippen molar-refractivity contribution in [3.63, 3.8) is 0 Å². The second kappa shape index (κ2) is 5.77. The van der Waals surface area contributed by atoms with Gasteiger partial charge in [0.1, 0.15) is 6.61 Å². The van der Waals surface area contributed by atoms with Crippen LogP contribution in [0.4, 0.5) is 14.5 Å². The molecule has 0 fully saturated rings. The number of ether oxygens (including phenoxy) is 2. The van der Waals surface area contributed by atoms with E-state index in [1.54, 1.807) is 0 Å². The Morgan fingerprint density at radius 2 is 2.19 bits per heavy atom. The Kier molecular flexibility index (Phi) is 4.35. The largest absolute Gasteiger partial charge is 0.493 e. The van der Waals surface area contributed by atoms with E-state index in [9.17, 15) is 8.78 Å². The van der Waals surface area contributed by atoms with Gasteiger partial charge in [-0.1, -0.05) is 5.11 Å². The lowest BCUT2D eigenvalue weighted by molar-refractivity contribution is 0.0805. The normalized spacial score (nSPS) is 9.75. The third kappa shape index (κ3) is 3.29. The highest BCUT2D eigenvalue weighted by atomic mass is 19.3. The van der Waals surface area contributed by atoms with Crippen molar-refractivity contribution in [3.8, 4) is 11.5 Å². The molecule has 16 heavy (non-hydrogen) atoms. The summed E-state index contributed by atoms with van der Waals surface area (Å²) in [6, 6.07) is 4.31. The summed E-state index contributed by atoms with van der Waals surface area (Å²) in [4.78, 5) is 2.58. The first kappa shape index (κ1) is 12.1. The van der Waals surface area contributed by atoms with Crippen LogP contribution in [0.2, 0.25) is 0 Å². The molecule has 0 aliphatic carbocycles. The first-order chi connectivity index (χ1) is 7.67. The van der Waals surface area contributed by atoms with E-state index in [2.05, 4.69) is 10.0 Å². The first-order valence-corrected chi connectivity index (χ1v) is 4.31. The van der Waals surface area contributed by atoms with Gasteiger partial charge in [0.2, 0.25) is 0 Å². The molecule has 0 heterocycles. The SMILES string of the molecule is COc1ccc(N=[N+]=[N-])cc1OCC(F)F. The Balaban J connectivity index is 2.92. The summed E-state index contributed by atoms with van der Waals surface area (Å²) in [7, 11) is 1.39. The van der Waals surface area contributed by atoms with Crippen LogP contribution in [-0.2, 0) is 0 Å². The molecule has 1 aromatic rings. The number of halogens is 2. The van der Waals surface area contributed by atoms with Gasteiger partial charge in [0, 0.05) is 10.6 Å². The topological polar surface area (TPSA) is 67.2 Å².